The minimum Gasteiger partial charge on any atom is -0.494 e. The van der Waals surface area contributed by atoms with Gasteiger partial charge < -0.3 is 20.1 Å². The van der Waals surface area contributed by atoms with Crippen molar-refractivity contribution in [2.45, 2.75) is 58.3 Å². The number of carboxylic acids is 1. The largest absolute Gasteiger partial charge is 0.494 e. The lowest BCUT2D eigenvalue weighted by atomic mass is 9.78. The number of ether oxygens (including phenoxy) is 1. The number of rotatable bonds is 11. The van der Waals surface area contributed by atoms with Crippen molar-refractivity contribution in [1.29, 1.82) is 0 Å². The molecule has 4 rings (SSSR count). The van der Waals surface area contributed by atoms with Crippen LogP contribution >= 0.6 is 11.6 Å². The summed E-state index contributed by atoms with van der Waals surface area (Å²) in [5.74, 6) is -0.933. The number of carboxylic acid groups (broad SMARTS) is 1. The first-order valence-electron chi connectivity index (χ1n) is 12.4. The summed E-state index contributed by atoms with van der Waals surface area (Å²) in [5.41, 5.74) is 2.85. The minimum absolute atomic E-state index is 0.0249. The number of halogens is 2. The molecule has 1 fully saturated rings. The van der Waals surface area contributed by atoms with Crippen molar-refractivity contribution in [2.75, 3.05) is 6.61 Å². The third-order valence-electron chi connectivity index (χ3n) is 7.23. The Morgan fingerprint density at radius 1 is 1.16 bits per heavy atom. The van der Waals surface area contributed by atoms with Crippen LogP contribution in [0.5, 0.6) is 17.5 Å². The fourth-order valence-electron chi connectivity index (χ4n) is 4.89. The molecule has 0 spiro atoms. The number of aryl methyl sites for hydroxylation is 1. The highest BCUT2D eigenvalue weighted by Crippen LogP contribution is 2.38. The molecule has 1 unspecified atom stereocenters. The first-order chi connectivity index (χ1) is 17.7. The molecular formula is C28H32ClFN2O5. The van der Waals surface area contributed by atoms with E-state index in [9.17, 15) is 24.5 Å². The van der Waals surface area contributed by atoms with Gasteiger partial charge in [0.05, 0.1) is 17.5 Å². The molecule has 1 heterocycles. The zero-order valence-corrected chi connectivity index (χ0v) is 21.7. The average Bonchev–Trinajstić information content (AvgIpc) is 3.16. The fourth-order valence-corrected chi connectivity index (χ4v) is 5.01. The minimum atomic E-state index is -0.780. The SMILES string of the molecule is CCc1cc(CN(C2CC(C(=O)O)C2)C(C)c2ccc(Cl)c(F)c2)ccc1OCCn1c(O)ccc1O. The highest BCUT2D eigenvalue weighted by atomic mass is 35.5. The maximum absolute atomic E-state index is 14.2. The van der Waals surface area contributed by atoms with Crippen LogP contribution in [0.3, 0.4) is 0 Å². The molecule has 0 aliphatic heterocycles. The van der Waals surface area contributed by atoms with Crippen molar-refractivity contribution in [3.63, 3.8) is 0 Å². The van der Waals surface area contributed by atoms with Crippen molar-refractivity contribution in [3.8, 4) is 17.5 Å². The number of aliphatic carboxylic acids is 1. The van der Waals surface area contributed by atoms with Crippen LogP contribution in [0.25, 0.3) is 0 Å². The lowest BCUT2D eigenvalue weighted by Gasteiger charge is -2.44. The van der Waals surface area contributed by atoms with E-state index in [1.54, 1.807) is 6.07 Å². The lowest BCUT2D eigenvalue weighted by Crippen LogP contribution is -2.47. The maximum Gasteiger partial charge on any atom is 0.306 e. The lowest BCUT2D eigenvalue weighted by molar-refractivity contribution is -0.147. The highest BCUT2D eigenvalue weighted by molar-refractivity contribution is 6.30. The predicted octanol–water partition coefficient (Wildman–Crippen LogP) is 5.76. The standard InChI is InChI=1S/C28H32ClFN2O5/c1-3-19-12-18(4-7-25(19)37-11-10-31-26(33)8-9-27(31)34)16-32(22-13-21(14-22)28(35)36)17(2)20-5-6-23(29)24(30)15-20/h4-9,12,15,17,21-22,33-34H,3,10-11,13-14,16H2,1-2H3,(H,35,36). The Bertz CT molecular complexity index is 1240. The first-order valence-corrected chi connectivity index (χ1v) is 12.8. The van der Waals surface area contributed by atoms with Crippen molar-refractivity contribution in [3.05, 3.63) is 76.1 Å². The van der Waals surface area contributed by atoms with Gasteiger partial charge in [-0.15, -0.1) is 0 Å². The van der Waals surface area contributed by atoms with E-state index in [1.807, 2.05) is 32.0 Å². The van der Waals surface area contributed by atoms with Gasteiger partial charge in [0.25, 0.3) is 0 Å². The Hall–Kier alpha value is -3.23. The summed E-state index contributed by atoms with van der Waals surface area (Å²) in [6.07, 6.45) is 1.85. The number of hydrogen-bond acceptors (Lipinski definition) is 5. The molecule has 37 heavy (non-hydrogen) atoms. The van der Waals surface area contributed by atoms with Crippen LogP contribution in [0.15, 0.2) is 48.5 Å². The number of nitrogens with zero attached hydrogens (tertiary/aromatic N) is 2. The second-order valence-electron chi connectivity index (χ2n) is 9.53. The van der Waals surface area contributed by atoms with E-state index in [4.69, 9.17) is 16.3 Å². The van der Waals surface area contributed by atoms with Crippen LogP contribution in [0.2, 0.25) is 5.02 Å². The molecule has 7 nitrogen and oxygen atoms in total. The summed E-state index contributed by atoms with van der Waals surface area (Å²) in [7, 11) is 0. The van der Waals surface area contributed by atoms with E-state index in [-0.39, 0.29) is 41.4 Å². The molecule has 2 aromatic carbocycles. The first kappa shape index (κ1) is 26.8. The van der Waals surface area contributed by atoms with E-state index in [2.05, 4.69) is 11.0 Å². The van der Waals surface area contributed by atoms with Gasteiger partial charge in [0.15, 0.2) is 11.8 Å². The van der Waals surface area contributed by atoms with E-state index in [1.165, 1.54) is 22.8 Å². The Labute approximate surface area is 220 Å². The Balaban J connectivity index is 1.50. The van der Waals surface area contributed by atoms with Gasteiger partial charge in [-0.3, -0.25) is 14.3 Å². The Morgan fingerprint density at radius 3 is 2.49 bits per heavy atom. The third-order valence-corrected chi connectivity index (χ3v) is 7.54. The zero-order valence-electron chi connectivity index (χ0n) is 20.9. The van der Waals surface area contributed by atoms with E-state index in [0.29, 0.717) is 25.9 Å². The summed E-state index contributed by atoms with van der Waals surface area (Å²) in [6.45, 7) is 5.18. The summed E-state index contributed by atoms with van der Waals surface area (Å²) in [6, 6.07) is 13.6. The number of benzene rings is 2. The fraction of sp³-hybridized carbons (Fsp3) is 0.393. The van der Waals surface area contributed by atoms with Gasteiger partial charge in [-0.1, -0.05) is 36.7 Å². The third kappa shape index (κ3) is 6.02. The molecule has 1 aliphatic rings. The number of hydrogen-bond donors (Lipinski definition) is 3. The Morgan fingerprint density at radius 2 is 1.86 bits per heavy atom. The molecule has 198 valence electrons. The van der Waals surface area contributed by atoms with Gasteiger partial charge in [-0.25, -0.2) is 4.39 Å². The van der Waals surface area contributed by atoms with Gasteiger partial charge in [0.1, 0.15) is 18.2 Å². The molecule has 9 heteroatoms. The summed E-state index contributed by atoms with van der Waals surface area (Å²) < 4.78 is 21.5. The molecule has 0 radical (unpaired) electrons. The second kappa shape index (κ2) is 11.4. The molecule has 0 bridgehead atoms. The highest BCUT2D eigenvalue weighted by Gasteiger charge is 2.39. The van der Waals surface area contributed by atoms with Crippen LogP contribution in [0.4, 0.5) is 4.39 Å². The van der Waals surface area contributed by atoms with Crippen LogP contribution in [0.1, 0.15) is 49.4 Å². The van der Waals surface area contributed by atoms with Crippen molar-refractivity contribution >= 4 is 17.6 Å². The number of carbonyl (C=O) groups is 1. The maximum atomic E-state index is 14.2. The monoisotopic (exact) mass is 530 g/mol. The summed E-state index contributed by atoms with van der Waals surface area (Å²) in [4.78, 5) is 13.7. The van der Waals surface area contributed by atoms with E-state index in [0.717, 1.165) is 28.9 Å². The van der Waals surface area contributed by atoms with Crippen molar-refractivity contribution < 1.29 is 29.2 Å². The zero-order chi connectivity index (χ0) is 26.7. The van der Waals surface area contributed by atoms with Crippen molar-refractivity contribution in [2.24, 2.45) is 5.92 Å². The topological polar surface area (TPSA) is 95.2 Å². The van der Waals surface area contributed by atoms with Crippen LogP contribution in [0, 0.1) is 11.7 Å². The molecule has 1 atom stereocenters. The van der Waals surface area contributed by atoms with E-state index >= 15 is 0 Å². The quantitative estimate of drug-likeness (QED) is 0.292. The number of aromatic hydroxyl groups is 2. The normalized spacial score (nSPS) is 18.0. The van der Waals surface area contributed by atoms with Crippen LogP contribution < -0.4 is 4.74 Å². The molecule has 3 N–H and O–H groups in total. The van der Waals surface area contributed by atoms with Crippen LogP contribution in [-0.2, 0) is 24.3 Å². The Kier molecular flexibility index (Phi) is 8.29. The van der Waals surface area contributed by atoms with Gasteiger partial charge >= 0.3 is 5.97 Å². The summed E-state index contributed by atoms with van der Waals surface area (Å²) in [5, 5.41) is 29.1. The smallest absolute Gasteiger partial charge is 0.306 e. The molecule has 1 aliphatic carbocycles. The van der Waals surface area contributed by atoms with Gasteiger partial charge in [-0.2, -0.15) is 0 Å². The van der Waals surface area contributed by atoms with Gasteiger partial charge in [-0.05, 0) is 61.1 Å². The predicted molar refractivity (Wildman–Crippen MR) is 139 cm³/mol. The molecular weight excluding hydrogens is 499 g/mol. The number of aromatic nitrogens is 1. The molecule has 0 saturated heterocycles. The molecule has 1 aromatic heterocycles. The van der Waals surface area contributed by atoms with Crippen LogP contribution in [-0.4, -0.2) is 43.4 Å². The van der Waals surface area contributed by atoms with Crippen molar-refractivity contribution in [1.82, 2.24) is 9.47 Å². The summed E-state index contributed by atoms with van der Waals surface area (Å²) >= 11 is 5.89. The van der Waals surface area contributed by atoms with E-state index < -0.39 is 11.8 Å². The van der Waals surface area contributed by atoms with Gasteiger partial charge in [0.2, 0.25) is 0 Å². The second-order valence-corrected chi connectivity index (χ2v) is 9.93. The average molecular weight is 531 g/mol. The molecule has 0 amide bonds. The van der Waals surface area contributed by atoms with Gasteiger partial charge in [0, 0.05) is 30.8 Å². The molecule has 3 aromatic rings. The molecule has 1 saturated carbocycles.